The number of carbonyl (C=O) groups excluding carboxylic acids is 1. The van der Waals surface area contributed by atoms with Crippen LogP contribution in [-0.4, -0.2) is 27.2 Å². The summed E-state index contributed by atoms with van der Waals surface area (Å²) in [4.78, 5) is 12.4. The molecule has 0 spiro atoms. The van der Waals surface area contributed by atoms with Crippen LogP contribution < -0.4 is 19.5 Å². The van der Waals surface area contributed by atoms with Crippen LogP contribution in [0, 0.1) is 3.57 Å². The van der Waals surface area contributed by atoms with E-state index < -0.39 is 0 Å². The van der Waals surface area contributed by atoms with Crippen molar-refractivity contribution in [3.05, 3.63) is 45.5 Å². The van der Waals surface area contributed by atoms with E-state index in [9.17, 15) is 4.79 Å². The molecule has 5 nitrogen and oxygen atoms in total. The second-order valence-corrected chi connectivity index (χ2v) is 5.62. The molecule has 2 aromatic carbocycles. The van der Waals surface area contributed by atoms with E-state index in [-0.39, 0.29) is 5.91 Å². The average molecular weight is 413 g/mol. The number of hydrogen-bond donors (Lipinski definition) is 1. The smallest absolute Gasteiger partial charge is 0.255 e. The summed E-state index contributed by atoms with van der Waals surface area (Å²) in [7, 11) is 4.60. The number of hydrogen-bond acceptors (Lipinski definition) is 4. The highest BCUT2D eigenvalue weighted by atomic mass is 127. The van der Waals surface area contributed by atoms with Crippen molar-refractivity contribution in [1.29, 1.82) is 0 Å². The molecule has 0 heterocycles. The van der Waals surface area contributed by atoms with Gasteiger partial charge in [-0.1, -0.05) is 6.07 Å². The highest BCUT2D eigenvalue weighted by molar-refractivity contribution is 14.1. The third-order valence-electron chi connectivity index (χ3n) is 3.04. The van der Waals surface area contributed by atoms with E-state index in [1.807, 2.05) is 12.1 Å². The lowest BCUT2D eigenvalue weighted by molar-refractivity contribution is 0.102. The summed E-state index contributed by atoms with van der Waals surface area (Å²) in [5, 5.41) is 2.83. The van der Waals surface area contributed by atoms with Gasteiger partial charge in [0.05, 0.1) is 21.3 Å². The van der Waals surface area contributed by atoms with E-state index in [0.29, 0.717) is 28.5 Å². The van der Waals surface area contributed by atoms with E-state index in [1.165, 1.54) is 14.2 Å². The fraction of sp³-hybridized carbons (Fsp3) is 0.188. The molecule has 0 unspecified atom stereocenters. The van der Waals surface area contributed by atoms with Gasteiger partial charge in [-0.2, -0.15) is 0 Å². The fourth-order valence-corrected chi connectivity index (χ4v) is 2.49. The maximum atomic E-state index is 12.4. The van der Waals surface area contributed by atoms with Crippen LogP contribution in [0.3, 0.4) is 0 Å². The number of amides is 1. The van der Waals surface area contributed by atoms with Crippen molar-refractivity contribution in [2.45, 2.75) is 0 Å². The van der Waals surface area contributed by atoms with E-state index in [0.717, 1.165) is 3.57 Å². The van der Waals surface area contributed by atoms with Crippen LogP contribution in [0.2, 0.25) is 0 Å². The summed E-state index contributed by atoms with van der Waals surface area (Å²) in [6.07, 6.45) is 0. The Morgan fingerprint density at radius 2 is 1.64 bits per heavy atom. The first kappa shape index (κ1) is 16.4. The van der Waals surface area contributed by atoms with Gasteiger partial charge in [-0.25, -0.2) is 0 Å². The van der Waals surface area contributed by atoms with Crippen LogP contribution in [0.1, 0.15) is 10.4 Å². The lowest BCUT2D eigenvalue weighted by Crippen LogP contribution is -2.13. The Balaban J connectivity index is 2.37. The SMILES string of the molecule is COc1cc(OC)c(NC(=O)c2cccc(I)c2)c(OC)c1. The lowest BCUT2D eigenvalue weighted by atomic mass is 10.2. The Labute approximate surface area is 142 Å². The minimum absolute atomic E-state index is 0.236. The lowest BCUT2D eigenvalue weighted by Gasteiger charge is -2.15. The third-order valence-corrected chi connectivity index (χ3v) is 3.71. The molecule has 0 atom stereocenters. The van der Waals surface area contributed by atoms with Crippen molar-refractivity contribution < 1.29 is 19.0 Å². The van der Waals surface area contributed by atoms with Gasteiger partial charge in [-0.05, 0) is 40.8 Å². The first-order valence-corrected chi connectivity index (χ1v) is 7.54. The highest BCUT2D eigenvalue weighted by Crippen LogP contribution is 2.39. The number of benzene rings is 2. The Bertz CT molecular complexity index is 663. The molecule has 6 heteroatoms. The number of methoxy groups -OCH3 is 3. The predicted octanol–water partition coefficient (Wildman–Crippen LogP) is 3.57. The number of rotatable bonds is 5. The molecule has 0 aliphatic rings. The van der Waals surface area contributed by atoms with Crippen molar-refractivity contribution in [2.24, 2.45) is 0 Å². The molecule has 116 valence electrons. The Hall–Kier alpha value is -1.96. The van der Waals surface area contributed by atoms with Crippen LogP contribution in [0.5, 0.6) is 17.2 Å². The Kier molecular flexibility index (Phi) is 5.48. The summed E-state index contributed by atoms with van der Waals surface area (Å²) in [5.41, 5.74) is 1.03. The molecule has 22 heavy (non-hydrogen) atoms. The molecule has 0 fully saturated rings. The van der Waals surface area contributed by atoms with Gasteiger partial charge in [0.25, 0.3) is 5.91 Å². The monoisotopic (exact) mass is 413 g/mol. The molecule has 0 saturated heterocycles. The average Bonchev–Trinajstić information content (AvgIpc) is 2.54. The summed E-state index contributed by atoms with van der Waals surface area (Å²) < 4.78 is 16.8. The molecular weight excluding hydrogens is 397 g/mol. The first-order valence-electron chi connectivity index (χ1n) is 6.46. The van der Waals surface area contributed by atoms with Gasteiger partial charge < -0.3 is 19.5 Å². The summed E-state index contributed by atoms with van der Waals surface area (Å²) in [5.74, 6) is 1.28. The van der Waals surface area contributed by atoms with E-state index >= 15 is 0 Å². The molecule has 0 radical (unpaired) electrons. The maximum absolute atomic E-state index is 12.4. The Morgan fingerprint density at radius 3 is 2.14 bits per heavy atom. The van der Waals surface area contributed by atoms with Gasteiger partial charge in [0.15, 0.2) is 0 Å². The molecule has 1 N–H and O–H groups in total. The van der Waals surface area contributed by atoms with Gasteiger partial charge in [-0.3, -0.25) is 4.79 Å². The van der Waals surface area contributed by atoms with Gasteiger partial charge in [0, 0.05) is 21.3 Å². The zero-order valence-corrected chi connectivity index (χ0v) is 14.6. The van der Waals surface area contributed by atoms with Crippen LogP contribution in [0.4, 0.5) is 5.69 Å². The molecule has 1 amide bonds. The number of ether oxygens (including phenoxy) is 3. The third kappa shape index (κ3) is 3.62. The van der Waals surface area contributed by atoms with E-state index in [4.69, 9.17) is 14.2 Å². The van der Waals surface area contributed by atoms with E-state index in [2.05, 4.69) is 27.9 Å². The first-order chi connectivity index (χ1) is 10.6. The molecule has 0 aliphatic carbocycles. The van der Waals surface area contributed by atoms with E-state index in [1.54, 1.807) is 31.4 Å². The molecular formula is C16H16INO4. The number of carbonyl (C=O) groups is 1. The fourth-order valence-electron chi connectivity index (χ4n) is 1.94. The molecule has 2 rings (SSSR count). The van der Waals surface area contributed by atoms with Crippen molar-refractivity contribution in [2.75, 3.05) is 26.6 Å². The molecule has 0 aliphatic heterocycles. The van der Waals surface area contributed by atoms with Gasteiger partial charge in [-0.15, -0.1) is 0 Å². The summed E-state index contributed by atoms with van der Waals surface area (Å²) >= 11 is 2.16. The zero-order valence-electron chi connectivity index (χ0n) is 12.5. The quantitative estimate of drug-likeness (QED) is 0.762. The summed E-state index contributed by atoms with van der Waals surface area (Å²) in [6.45, 7) is 0. The van der Waals surface area contributed by atoms with Crippen LogP contribution in [0.25, 0.3) is 0 Å². The van der Waals surface area contributed by atoms with Crippen LogP contribution >= 0.6 is 22.6 Å². The maximum Gasteiger partial charge on any atom is 0.255 e. The zero-order chi connectivity index (χ0) is 16.1. The van der Waals surface area contributed by atoms with Crippen molar-refractivity contribution >= 4 is 34.2 Å². The van der Waals surface area contributed by atoms with Crippen LogP contribution in [0.15, 0.2) is 36.4 Å². The largest absolute Gasteiger partial charge is 0.496 e. The molecule has 2 aromatic rings. The normalized spacial score (nSPS) is 10.0. The number of nitrogens with one attached hydrogen (secondary N) is 1. The van der Waals surface area contributed by atoms with Crippen molar-refractivity contribution in [1.82, 2.24) is 0 Å². The van der Waals surface area contributed by atoms with Crippen molar-refractivity contribution in [3.63, 3.8) is 0 Å². The molecule has 0 aromatic heterocycles. The molecule has 0 saturated carbocycles. The standard InChI is InChI=1S/C16H16INO4/c1-20-12-8-13(21-2)15(14(9-12)22-3)18-16(19)10-5-4-6-11(17)7-10/h4-9H,1-3H3,(H,18,19). The van der Waals surface area contributed by atoms with Gasteiger partial charge in [0.1, 0.15) is 22.9 Å². The van der Waals surface area contributed by atoms with Gasteiger partial charge in [0.2, 0.25) is 0 Å². The topological polar surface area (TPSA) is 56.8 Å². The number of anilines is 1. The van der Waals surface area contributed by atoms with Crippen molar-refractivity contribution in [3.8, 4) is 17.2 Å². The van der Waals surface area contributed by atoms with Crippen LogP contribution in [-0.2, 0) is 0 Å². The predicted molar refractivity (Wildman–Crippen MR) is 93.2 cm³/mol. The highest BCUT2D eigenvalue weighted by Gasteiger charge is 2.16. The molecule has 0 bridgehead atoms. The Morgan fingerprint density at radius 1 is 1.00 bits per heavy atom. The summed E-state index contributed by atoms with van der Waals surface area (Å²) in [6, 6.07) is 10.7. The second kappa shape index (κ2) is 7.35. The van der Waals surface area contributed by atoms with Gasteiger partial charge >= 0.3 is 0 Å². The minimum Gasteiger partial charge on any atom is -0.496 e. The number of halogens is 1. The second-order valence-electron chi connectivity index (χ2n) is 4.37. The minimum atomic E-state index is -0.236.